The summed E-state index contributed by atoms with van der Waals surface area (Å²) < 4.78 is 6.86. The van der Waals surface area contributed by atoms with Gasteiger partial charge in [-0.3, -0.25) is 0 Å². The molecule has 0 aromatic heterocycles. The molecule has 1 saturated heterocycles. The van der Waals surface area contributed by atoms with Gasteiger partial charge >= 0.3 is 0 Å². The van der Waals surface area contributed by atoms with E-state index in [1.54, 1.807) is 11.1 Å². The zero-order valence-electron chi connectivity index (χ0n) is 24.1. The van der Waals surface area contributed by atoms with Gasteiger partial charge in [0, 0.05) is 11.3 Å². The van der Waals surface area contributed by atoms with Crippen LogP contribution in [0, 0.1) is 17.3 Å². The van der Waals surface area contributed by atoms with Gasteiger partial charge in [0.05, 0.1) is 0 Å². The van der Waals surface area contributed by atoms with Crippen LogP contribution in [-0.4, -0.2) is 17.1 Å². The first-order chi connectivity index (χ1) is 17.4. The van der Waals surface area contributed by atoms with E-state index in [0.29, 0.717) is 5.92 Å². The second kappa shape index (κ2) is 8.72. The normalized spacial score (nSPS) is 32.6. The lowest BCUT2D eigenvalue weighted by atomic mass is 9.63. The number of hydrogen-bond donors (Lipinski definition) is 0. The maximum atomic E-state index is 6.89. The Balaban J connectivity index is 1.35. The Labute approximate surface area is 234 Å². The van der Waals surface area contributed by atoms with Crippen molar-refractivity contribution in [3.63, 3.8) is 0 Å². The molecule has 0 amide bonds. The molecule has 1 heterocycles. The fourth-order valence-corrected chi connectivity index (χ4v) is 11.4. The molecule has 0 N–H and O–H groups in total. The summed E-state index contributed by atoms with van der Waals surface area (Å²) in [5.74, 6) is 4.95. The lowest BCUT2D eigenvalue weighted by molar-refractivity contribution is 0.0847. The minimum absolute atomic E-state index is 0.0368. The molecule has 4 aliphatic rings. The van der Waals surface area contributed by atoms with E-state index in [1.165, 1.54) is 61.2 Å². The SMILES string of the molecule is CC1CCC2C(C)(C)C2(Oc2ccc(C3(c4ccc5c(c4)C(C)(C)CCC5(C)C)SCCCS3)cc2)C1. The monoisotopic (exact) mass is 534 g/mol. The number of hydrogen-bond acceptors (Lipinski definition) is 3. The molecule has 2 saturated carbocycles. The van der Waals surface area contributed by atoms with Crippen LogP contribution in [0.2, 0.25) is 0 Å². The zero-order valence-corrected chi connectivity index (χ0v) is 25.7. The zero-order chi connectivity index (χ0) is 26.3. The molecule has 1 nitrogen and oxygen atoms in total. The molecule has 37 heavy (non-hydrogen) atoms. The minimum atomic E-state index is -0.0392. The molecule has 3 aliphatic carbocycles. The molecular weight excluding hydrogens is 489 g/mol. The molecule has 3 fully saturated rings. The van der Waals surface area contributed by atoms with E-state index in [4.69, 9.17) is 4.74 Å². The molecule has 6 rings (SSSR count). The van der Waals surface area contributed by atoms with E-state index in [0.717, 1.165) is 11.7 Å². The van der Waals surface area contributed by atoms with Crippen LogP contribution in [0.25, 0.3) is 0 Å². The van der Waals surface area contributed by atoms with Gasteiger partial charge in [-0.25, -0.2) is 0 Å². The van der Waals surface area contributed by atoms with Gasteiger partial charge in [0.2, 0.25) is 0 Å². The first-order valence-corrected chi connectivity index (χ1v) is 16.6. The van der Waals surface area contributed by atoms with Crippen LogP contribution < -0.4 is 4.74 Å². The maximum Gasteiger partial charge on any atom is 0.120 e. The van der Waals surface area contributed by atoms with Crippen molar-refractivity contribution in [2.24, 2.45) is 17.3 Å². The first kappa shape index (κ1) is 26.2. The van der Waals surface area contributed by atoms with Crippen molar-refractivity contribution in [2.45, 2.75) is 108 Å². The summed E-state index contributed by atoms with van der Waals surface area (Å²) in [6, 6.07) is 16.8. The standard InChI is InChI=1S/C34H46OS2/c1-23-9-16-29-32(6,7)33(29,22-23)35-26-13-10-24(11-14-26)34(36-19-8-20-37-34)25-12-15-27-28(21-25)31(4,5)18-17-30(27,2)3/h10-15,21,23,29H,8-9,16-20,22H2,1-7H3. The molecule has 0 spiro atoms. The highest BCUT2D eigenvalue weighted by molar-refractivity contribution is 8.18. The number of rotatable bonds is 4. The van der Waals surface area contributed by atoms with E-state index in [2.05, 4.69) is 114 Å². The van der Waals surface area contributed by atoms with Gasteiger partial charge in [-0.05, 0) is 94.7 Å². The first-order valence-electron chi connectivity index (χ1n) is 14.6. The predicted molar refractivity (Wildman–Crippen MR) is 162 cm³/mol. The maximum absolute atomic E-state index is 6.89. The van der Waals surface area contributed by atoms with Crippen molar-refractivity contribution < 1.29 is 4.74 Å². The summed E-state index contributed by atoms with van der Waals surface area (Å²) in [5, 5.41) is 0. The highest BCUT2D eigenvalue weighted by Gasteiger charge is 2.74. The summed E-state index contributed by atoms with van der Waals surface area (Å²) in [7, 11) is 0. The highest BCUT2D eigenvalue weighted by atomic mass is 32.2. The van der Waals surface area contributed by atoms with Crippen LogP contribution in [0.4, 0.5) is 0 Å². The Morgan fingerprint density at radius 3 is 2.05 bits per heavy atom. The quantitative estimate of drug-likeness (QED) is 0.386. The number of benzene rings is 2. The smallest absolute Gasteiger partial charge is 0.120 e. The molecule has 200 valence electrons. The lowest BCUT2D eigenvalue weighted by Crippen LogP contribution is -2.35. The molecule has 0 radical (unpaired) electrons. The third-order valence-corrected chi connectivity index (χ3v) is 14.2. The van der Waals surface area contributed by atoms with Crippen molar-refractivity contribution in [3.8, 4) is 5.75 Å². The van der Waals surface area contributed by atoms with Gasteiger partial charge in [-0.15, -0.1) is 23.5 Å². The van der Waals surface area contributed by atoms with E-state index >= 15 is 0 Å². The second-order valence-corrected chi connectivity index (χ2v) is 17.2. The average Bonchev–Trinajstić information content (AvgIpc) is 3.35. The molecule has 0 bridgehead atoms. The minimum Gasteiger partial charge on any atom is -0.486 e. The lowest BCUT2D eigenvalue weighted by Gasteiger charge is -2.44. The van der Waals surface area contributed by atoms with Gasteiger partial charge < -0.3 is 4.74 Å². The summed E-state index contributed by atoms with van der Waals surface area (Å²) >= 11 is 4.28. The van der Waals surface area contributed by atoms with Crippen LogP contribution in [0.5, 0.6) is 5.75 Å². The topological polar surface area (TPSA) is 9.23 Å². The Morgan fingerprint density at radius 1 is 0.757 bits per heavy atom. The number of thioether (sulfide) groups is 2. The summed E-state index contributed by atoms with van der Waals surface area (Å²) in [6.45, 7) is 17.0. The Kier molecular flexibility index (Phi) is 6.17. The highest BCUT2D eigenvalue weighted by Crippen LogP contribution is 2.70. The number of ether oxygens (including phenoxy) is 1. The van der Waals surface area contributed by atoms with Gasteiger partial charge in [-0.1, -0.05) is 85.2 Å². The van der Waals surface area contributed by atoms with Crippen LogP contribution in [-0.2, 0) is 14.9 Å². The third kappa shape index (κ3) is 4.03. The summed E-state index contributed by atoms with van der Waals surface area (Å²) in [5.41, 5.74) is 6.83. The average molecular weight is 535 g/mol. The Hall–Kier alpha value is -1.06. The van der Waals surface area contributed by atoms with Gasteiger partial charge in [0.25, 0.3) is 0 Å². The third-order valence-electron chi connectivity index (χ3n) is 10.7. The molecule has 3 heteroatoms. The summed E-state index contributed by atoms with van der Waals surface area (Å²) in [4.78, 5) is 0. The van der Waals surface area contributed by atoms with Gasteiger partial charge in [-0.2, -0.15) is 0 Å². The van der Waals surface area contributed by atoms with E-state index in [9.17, 15) is 0 Å². The predicted octanol–water partition coefficient (Wildman–Crippen LogP) is 9.70. The largest absolute Gasteiger partial charge is 0.486 e. The van der Waals surface area contributed by atoms with Crippen LogP contribution in [0.15, 0.2) is 42.5 Å². The fraction of sp³-hybridized carbons (Fsp3) is 0.647. The molecule has 2 aromatic rings. The molecule has 3 atom stereocenters. The van der Waals surface area contributed by atoms with Crippen molar-refractivity contribution in [3.05, 3.63) is 64.7 Å². The van der Waals surface area contributed by atoms with E-state index < -0.39 is 0 Å². The van der Waals surface area contributed by atoms with Gasteiger partial charge in [0.15, 0.2) is 0 Å². The Bertz CT molecular complexity index is 1170. The molecular formula is C34H46OS2. The number of fused-ring (bicyclic) bond motifs is 2. The molecule has 3 unspecified atom stereocenters. The van der Waals surface area contributed by atoms with Crippen molar-refractivity contribution >= 4 is 23.5 Å². The van der Waals surface area contributed by atoms with Crippen molar-refractivity contribution in [1.29, 1.82) is 0 Å². The Morgan fingerprint density at radius 2 is 1.38 bits per heavy atom. The van der Waals surface area contributed by atoms with Crippen LogP contribution >= 0.6 is 23.5 Å². The molecule has 2 aromatic carbocycles. The molecule has 1 aliphatic heterocycles. The van der Waals surface area contributed by atoms with Crippen molar-refractivity contribution in [1.82, 2.24) is 0 Å². The van der Waals surface area contributed by atoms with Crippen LogP contribution in [0.3, 0.4) is 0 Å². The van der Waals surface area contributed by atoms with E-state index in [1.807, 2.05) is 0 Å². The fourth-order valence-electron chi connectivity index (χ4n) is 8.02. The van der Waals surface area contributed by atoms with E-state index in [-0.39, 0.29) is 25.9 Å². The van der Waals surface area contributed by atoms with Crippen LogP contribution in [0.1, 0.15) is 109 Å². The van der Waals surface area contributed by atoms with Gasteiger partial charge in [0.1, 0.15) is 15.4 Å². The second-order valence-electron chi connectivity index (χ2n) is 14.4. The van der Waals surface area contributed by atoms with Crippen molar-refractivity contribution in [2.75, 3.05) is 11.5 Å². The summed E-state index contributed by atoms with van der Waals surface area (Å²) in [6.07, 6.45) is 7.67.